The lowest BCUT2D eigenvalue weighted by Gasteiger charge is -2.34. The van der Waals surface area contributed by atoms with E-state index in [1.54, 1.807) is 0 Å². The highest BCUT2D eigenvalue weighted by atomic mass is 16.6. The topological polar surface area (TPSA) is 84.9 Å². The van der Waals surface area contributed by atoms with Crippen molar-refractivity contribution in [2.24, 2.45) is 5.92 Å². The molecule has 1 aromatic carbocycles. The fraction of sp³-hybridized carbons (Fsp3) is 0.609. The van der Waals surface area contributed by atoms with Crippen LogP contribution in [0.25, 0.3) is 0 Å². The molecule has 166 valence electrons. The number of hydrogen-bond acceptors (Lipinski definition) is 6. The molecule has 0 spiro atoms. The number of amides is 2. The number of benzene rings is 1. The highest BCUT2D eigenvalue weighted by Gasteiger charge is 2.30. The smallest absolute Gasteiger partial charge is 0.309 e. The number of nitrogens with zero attached hydrogens (tertiary/aromatic N) is 1. The number of carbonyl (C=O) groups is 3. The van der Waals surface area contributed by atoms with Gasteiger partial charge in [0.1, 0.15) is 11.4 Å². The van der Waals surface area contributed by atoms with Crippen LogP contribution in [0.3, 0.4) is 0 Å². The van der Waals surface area contributed by atoms with Gasteiger partial charge in [-0.05, 0) is 57.9 Å². The van der Waals surface area contributed by atoms with Crippen LogP contribution in [0.15, 0.2) is 24.3 Å². The number of esters is 1. The number of carbonyl (C=O) groups excluding carboxylic acids is 3. The Kier molecular flexibility index (Phi) is 8.26. The number of anilines is 1. The third-order valence-electron chi connectivity index (χ3n) is 4.90. The molecule has 1 atom stereocenters. The van der Waals surface area contributed by atoms with Gasteiger partial charge in [0.2, 0.25) is 5.91 Å². The third-order valence-corrected chi connectivity index (χ3v) is 4.90. The summed E-state index contributed by atoms with van der Waals surface area (Å²) in [5.74, 6) is -0.202. The molecular formula is C23H34N2O5. The number of hydrogen-bond donors (Lipinski definition) is 1. The second kappa shape index (κ2) is 10.5. The minimum absolute atomic E-state index is 0.0504. The largest absolute Gasteiger partial charge is 0.481 e. The molecule has 2 heterocycles. The SMILES string of the molecule is CC.CC(C)(C)OC(=O)C1CCN(c2ccc(OC3CCC(=O)NC3=O)cc2)CC1. The first-order valence-electron chi connectivity index (χ1n) is 10.8. The van der Waals surface area contributed by atoms with E-state index in [1.807, 2.05) is 58.9 Å². The molecule has 0 aromatic heterocycles. The van der Waals surface area contributed by atoms with E-state index in [2.05, 4.69) is 10.2 Å². The average Bonchev–Trinajstić information content (AvgIpc) is 2.71. The zero-order valence-electron chi connectivity index (χ0n) is 18.7. The molecule has 0 aliphatic carbocycles. The van der Waals surface area contributed by atoms with Crippen molar-refractivity contribution < 1.29 is 23.9 Å². The van der Waals surface area contributed by atoms with E-state index in [-0.39, 0.29) is 23.7 Å². The Hall–Kier alpha value is -2.57. The Morgan fingerprint density at radius 2 is 1.63 bits per heavy atom. The lowest BCUT2D eigenvalue weighted by atomic mass is 9.96. The van der Waals surface area contributed by atoms with Gasteiger partial charge in [-0.15, -0.1) is 0 Å². The van der Waals surface area contributed by atoms with Crippen LogP contribution in [0.4, 0.5) is 5.69 Å². The Morgan fingerprint density at radius 3 is 2.17 bits per heavy atom. The minimum Gasteiger partial charge on any atom is -0.481 e. The van der Waals surface area contributed by atoms with Crippen LogP contribution in [0, 0.1) is 5.92 Å². The zero-order valence-corrected chi connectivity index (χ0v) is 18.7. The van der Waals surface area contributed by atoms with Gasteiger partial charge in [-0.3, -0.25) is 19.7 Å². The Labute approximate surface area is 179 Å². The van der Waals surface area contributed by atoms with Crippen molar-refractivity contribution in [1.82, 2.24) is 5.32 Å². The van der Waals surface area contributed by atoms with Crippen LogP contribution in [0.1, 0.15) is 60.3 Å². The van der Waals surface area contributed by atoms with Crippen molar-refractivity contribution in [3.8, 4) is 5.75 Å². The number of ether oxygens (including phenoxy) is 2. The molecule has 2 aliphatic rings. The molecule has 0 saturated carbocycles. The monoisotopic (exact) mass is 418 g/mol. The van der Waals surface area contributed by atoms with Gasteiger partial charge in [0.15, 0.2) is 6.10 Å². The van der Waals surface area contributed by atoms with Gasteiger partial charge in [-0.25, -0.2) is 0 Å². The second-order valence-corrected chi connectivity index (χ2v) is 8.35. The van der Waals surface area contributed by atoms with Crippen LogP contribution < -0.4 is 15.0 Å². The molecule has 2 aliphatic heterocycles. The molecule has 2 fully saturated rings. The summed E-state index contributed by atoms with van der Waals surface area (Å²) in [5, 5.41) is 2.29. The van der Waals surface area contributed by atoms with Gasteiger partial charge in [0.05, 0.1) is 5.92 Å². The Balaban J connectivity index is 0.00000155. The summed E-state index contributed by atoms with van der Waals surface area (Å²) in [7, 11) is 0. The van der Waals surface area contributed by atoms with Gasteiger partial charge in [-0.2, -0.15) is 0 Å². The molecule has 0 bridgehead atoms. The number of imide groups is 1. The third kappa shape index (κ3) is 6.75. The maximum atomic E-state index is 12.2. The van der Waals surface area contributed by atoms with Gasteiger partial charge in [-0.1, -0.05) is 13.8 Å². The fourth-order valence-electron chi connectivity index (χ4n) is 3.44. The highest BCUT2D eigenvalue weighted by Crippen LogP contribution is 2.27. The summed E-state index contributed by atoms with van der Waals surface area (Å²) in [4.78, 5) is 37.5. The molecule has 7 nitrogen and oxygen atoms in total. The predicted octanol–water partition coefficient (Wildman–Crippen LogP) is 3.45. The molecule has 1 N–H and O–H groups in total. The minimum atomic E-state index is -0.631. The van der Waals surface area contributed by atoms with E-state index in [9.17, 15) is 14.4 Å². The number of rotatable bonds is 4. The first kappa shape index (κ1) is 23.7. The zero-order chi connectivity index (χ0) is 22.3. The van der Waals surface area contributed by atoms with E-state index >= 15 is 0 Å². The van der Waals surface area contributed by atoms with Crippen LogP contribution in [-0.4, -0.2) is 42.6 Å². The first-order valence-corrected chi connectivity index (χ1v) is 10.8. The molecule has 1 unspecified atom stereocenters. The van der Waals surface area contributed by atoms with Crippen molar-refractivity contribution >= 4 is 23.5 Å². The van der Waals surface area contributed by atoms with Crippen molar-refractivity contribution in [2.75, 3.05) is 18.0 Å². The van der Waals surface area contributed by atoms with E-state index in [4.69, 9.17) is 9.47 Å². The van der Waals surface area contributed by atoms with Crippen LogP contribution in [0.5, 0.6) is 5.75 Å². The van der Waals surface area contributed by atoms with Crippen molar-refractivity contribution in [3.05, 3.63) is 24.3 Å². The Morgan fingerprint density at radius 1 is 1.03 bits per heavy atom. The van der Waals surface area contributed by atoms with Crippen LogP contribution in [0.2, 0.25) is 0 Å². The maximum Gasteiger partial charge on any atom is 0.309 e. The van der Waals surface area contributed by atoms with E-state index in [0.717, 1.165) is 31.6 Å². The summed E-state index contributed by atoms with van der Waals surface area (Å²) in [5.41, 5.74) is 0.602. The molecule has 3 rings (SSSR count). The summed E-state index contributed by atoms with van der Waals surface area (Å²) in [6.45, 7) is 11.2. The van der Waals surface area contributed by atoms with E-state index < -0.39 is 11.7 Å². The number of nitrogens with one attached hydrogen (secondary N) is 1. The van der Waals surface area contributed by atoms with Gasteiger partial charge < -0.3 is 14.4 Å². The molecular weight excluding hydrogens is 384 g/mol. The quantitative estimate of drug-likeness (QED) is 0.595. The molecule has 7 heteroatoms. The molecule has 2 saturated heterocycles. The summed E-state index contributed by atoms with van der Waals surface area (Å²) >= 11 is 0. The average molecular weight is 419 g/mol. The van der Waals surface area contributed by atoms with E-state index in [0.29, 0.717) is 18.6 Å². The highest BCUT2D eigenvalue weighted by molar-refractivity contribution is 5.99. The summed E-state index contributed by atoms with van der Waals surface area (Å²) in [6, 6.07) is 7.57. The molecule has 30 heavy (non-hydrogen) atoms. The number of piperidine rings is 2. The Bertz CT molecular complexity index is 731. The standard InChI is InChI=1S/C21H28N2O5.C2H6/c1-21(2,3)28-20(26)14-10-12-23(13-11-14)15-4-6-16(7-5-15)27-17-8-9-18(24)22-19(17)25;1-2/h4-7,14,17H,8-13H2,1-3H3,(H,22,24,25);1-2H3. The second-order valence-electron chi connectivity index (χ2n) is 8.35. The first-order chi connectivity index (χ1) is 14.2. The molecule has 0 radical (unpaired) electrons. The maximum absolute atomic E-state index is 12.2. The van der Waals surface area contributed by atoms with Crippen LogP contribution >= 0.6 is 0 Å². The molecule has 2 amide bonds. The molecule has 1 aromatic rings. The van der Waals surface area contributed by atoms with Crippen molar-refractivity contribution in [1.29, 1.82) is 0 Å². The van der Waals surface area contributed by atoms with E-state index in [1.165, 1.54) is 0 Å². The summed E-state index contributed by atoms with van der Waals surface area (Å²) in [6.07, 6.45) is 1.59. The fourth-order valence-corrected chi connectivity index (χ4v) is 3.44. The van der Waals surface area contributed by atoms with Gasteiger partial charge in [0.25, 0.3) is 5.91 Å². The normalized spacial score (nSPS) is 20.0. The van der Waals surface area contributed by atoms with Crippen molar-refractivity contribution in [2.45, 2.75) is 72.0 Å². The van der Waals surface area contributed by atoms with Gasteiger partial charge >= 0.3 is 5.97 Å². The van der Waals surface area contributed by atoms with Crippen LogP contribution in [-0.2, 0) is 19.1 Å². The summed E-state index contributed by atoms with van der Waals surface area (Å²) < 4.78 is 11.2. The lowest BCUT2D eigenvalue weighted by molar-refractivity contribution is -0.160. The van der Waals surface area contributed by atoms with Crippen molar-refractivity contribution in [3.63, 3.8) is 0 Å². The lowest BCUT2D eigenvalue weighted by Crippen LogP contribution is -2.46. The van der Waals surface area contributed by atoms with Gasteiger partial charge in [0, 0.05) is 31.6 Å². The predicted molar refractivity (Wildman–Crippen MR) is 115 cm³/mol.